The van der Waals surface area contributed by atoms with Crippen molar-refractivity contribution in [2.75, 3.05) is 24.6 Å². The van der Waals surface area contributed by atoms with E-state index in [9.17, 15) is 14.9 Å². The van der Waals surface area contributed by atoms with Crippen LogP contribution in [0.15, 0.2) is 11.6 Å². The number of carbonyl (C=O) groups excluding carboxylic acids is 1. The maximum Gasteiger partial charge on any atom is 0.373 e. The van der Waals surface area contributed by atoms with Gasteiger partial charge in [-0.05, 0) is 24.7 Å². The Kier molecular flexibility index (Phi) is 3.97. The number of fused-ring (bicyclic) bond motifs is 1. The van der Waals surface area contributed by atoms with Crippen molar-refractivity contribution in [1.82, 2.24) is 9.38 Å². The standard InChI is InChI=1S/C13H16N4O4S/c1-2-21-12(18)9-3-5-15(6-4-9)10-11(17(19)20)16-7-8-22-13(16)14-10/h7-9H,2-6H2,1H3. The monoisotopic (exact) mass is 324 g/mol. The lowest BCUT2D eigenvalue weighted by Gasteiger charge is -2.30. The molecule has 0 spiro atoms. The highest BCUT2D eigenvalue weighted by molar-refractivity contribution is 7.15. The first kappa shape index (κ1) is 14.8. The predicted molar refractivity (Wildman–Crippen MR) is 81.3 cm³/mol. The van der Waals surface area contributed by atoms with Crippen LogP contribution in [-0.2, 0) is 9.53 Å². The summed E-state index contributed by atoms with van der Waals surface area (Å²) in [7, 11) is 0. The first-order chi connectivity index (χ1) is 10.6. The Hall–Kier alpha value is -2.16. The number of esters is 1. The molecule has 0 N–H and O–H groups in total. The SMILES string of the molecule is CCOC(=O)C1CCN(c2nc3sccn3c2[N+](=O)[O-])CC1. The number of rotatable bonds is 4. The van der Waals surface area contributed by atoms with Gasteiger partial charge in [-0.25, -0.2) is 0 Å². The summed E-state index contributed by atoms with van der Waals surface area (Å²) in [6, 6.07) is 0. The molecule has 1 aliphatic rings. The second-order valence-electron chi connectivity index (χ2n) is 5.09. The second kappa shape index (κ2) is 5.91. The van der Waals surface area contributed by atoms with Crippen LogP contribution >= 0.6 is 11.3 Å². The van der Waals surface area contributed by atoms with Gasteiger partial charge in [0.15, 0.2) is 0 Å². The van der Waals surface area contributed by atoms with E-state index in [1.165, 1.54) is 15.7 Å². The Morgan fingerprint density at radius 2 is 2.27 bits per heavy atom. The third-order valence-corrected chi connectivity index (χ3v) is 4.56. The van der Waals surface area contributed by atoms with E-state index in [2.05, 4.69) is 4.98 Å². The average Bonchev–Trinajstić information content (AvgIpc) is 3.07. The number of anilines is 1. The van der Waals surface area contributed by atoms with Crippen molar-refractivity contribution < 1.29 is 14.5 Å². The van der Waals surface area contributed by atoms with Gasteiger partial charge in [-0.3, -0.25) is 4.79 Å². The zero-order chi connectivity index (χ0) is 15.7. The minimum absolute atomic E-state index is 0.00849. The summed E-state index contributed by atoms with van der Waals surface area (Å²) in [6.45, 7) is 3.29. The lowest BCUT2D eigenvalue weighted by Crippen LogP contribution is -2.37. The molecule has 0 aromatic carbocycles. The number of hydrogen-bond donors (Lipinski definition) is 0. The Morgan fingerprint density at radius 3 is 2.91 bits per heavy atom. The average molecular weight is 324 g/mol. The zero-order valence-electron chi connectivity index (χ0n) is 12.1. The van der Waals surface area contributed by atoms with Crippen molar-refractivity contribution in [3.8, 4) is 0 Å². The summed E-state index contributed by atoms with van der Waals surface area (Å²) >= 11 is 1.36. The molecule has 1 fully saturated rings. The van der Waals surface area contributed by atoms with Gasteiger partial charge >= 0.3 is 11.8 Å². The van der Waals surface area contributed by atoms with Crippen LogP contribution in [0.25, 0.3) is 4.96 Å². The van der Waals surface area contributed by atoms with Gasteiger partial charge in [0.2, 0.25) is 5.82 Å². The van der Waals surface area contributed by atoms with E-state index < -0.39 is 4.92 Å². The molecule has 0 aliphatic carbocycles. The molecule has 0 amide bonds. The third-order valence-electron chi connectivity index (χ3n) is 3.81. The summed E-state index contributed by atoms with van der Waals surface area (Å²) in [4.78, 5) is 29.6. The summed E-state index contributed by atoms with van der Waals surface area (Å²) in [6.07, 6.45) is 2.91. The van der Waals surface area contributed by atoms with Crippen molar-refractivity contribution in [2.24, 2.45) is 5.92 Å². The van der Waals surface area contributed by atoms with Gasteiger partial charge in [0.1, 0.15) is 6.20 Å². The quantitative estimate of drug-likeness (QED) is 0.486. The number of piperidine rings is 1. The molecule has 3 heterocycles. The molecule has 0 unspecified atom stereocenters. The topological polar surface area (TPSA) is 90.0 Å². The van der Waals surface area contributed by atoms with Crippen LogP contribution in [-0.4, -0.2) is 40.0 Å². The van der Waals surface area contributed by atoms with Crippen LogP contribution < -0.4 is 4.90 Å². The summed E-state index contributed by atoms with van der Waals surface area (Å²) in [5.74, 6) is 0.0754. The first-order valence-corrected chi connectivity index (χ1v) is 8.01. The highest BCUT2D eigenvalue weighted by atomic mass is 32.1. The zero-order valence-corrected chi connectivity index (χ0v) is 12.9. The van der Waals surface area contributed by atoms with Gasteiger partial charge in [0.05, 0.1) is 12.5 Å². The minimum atomic E-state index is -0.403. The van der Waals surface area contributed by atoms with E-state index in [-0.39, 0.29) is 17.7 Å². The fourth-order valence-corrected chi connectivity index (χ4v) is 3.44. The lowest BCUT2D eigenvalue weighted by molar-refractivity contribution is -0.389. The maximum absolute atomic E-state index is 11.7. The molecular weight excluding hydrogens is 308 g/mol. The molecule has 2 aromatic heterocycles. The Morgan fingerprint density at radius 1 is 1.55 bits per heavy atom. The van der Waals surface area contributed by atoms with E-state index in [0.717, 1.165) is 0 Å². The van der Waals surface area contributed by atoms with Crippen LogP contribution in [0.2, 0.25) is 0 Å². The van der Waals surface area contributed by atoms with Crippen molar-refractivity contribution in [3.63, 3.8) is 0 Å². The number of carbonyl (C=O) groups is 1. The predicted octanol–water partition coefficient (Wildman–Crippen LogP) is 2.08. The molecule has 2 aromatic rings. The van der Waals surface area contributed by atoms with E-state index in [1.807, 2.05) is 4.90 Å². The van der Waals surface area contributed by atoms with Crippen LogP contribution in [0.5, 0.6) is 0 Å². The molecule has 0 bridgehead atoms. The molecule has 0 atom stereocenters. The molecule has 1 aliphatic heterocycles. The van der Waals surface area contributed by atoms with Gasteiger partial charge < -0.3 is 19.8 Å². The molecule has 118 valence electrons. The molecular formula is C13H16N4O4S. The van der Waals surface area contributed by atoms with E-state index in [0.29, 0.717) is 43.3 Å². The van der Waals surface area contributed by atoms with Gasteiger partial charge in [0, 0.05) is 18.5 Å². The first-order valence-electron chi connectivity index (χ1n) is 7.13. The summed E-state index contributed by atoms with van der Waals surface area (Å²) in [5, 5.41) is 13.1. The Labute approximate surface area is 130 Å². The van der Waals surface area contributed by atoms with Crippen molar-refractivity contribution in [2.45, 2.75) is 19.8 Å². The van der Waals surface area contributed by atoms with Crippen LogP contribution in [0.4, 0.5) is 11.6 Å². The van der Waals surface area contributed by atoms with Gasteiger partial charge in [-0.2, -0.15) is 9.38 Å². The number of ether oxygens (including phenoxy) is 1. The van der Waals surface area contributed by atoms with Crippen LogP contribution in [0.1, 0.15) is 19.8 Å². The van der Waals surface area contributed by atoms with E-state index in [1.54, 1.807) is 18.5 Å². The maximum atomic E-state index is 11.7. The molecule has 9 heteroatoms. The number of aromatic nitrogens is 2. The number of hydrogen-bond acceptors (Lipinski definition) is 7. The Bertz CT molecular complexity index is 702. The van der Waals surface area contributed by atoms with E-state index >= 15 is 0 Å². The fraction of sp³-hybridized carbons (Fsp3) is 0.538. The molecule has 0 radical (unpaired) electrons. The number of imidazole rings is 1. The largest absolute Gasteiger partial charge is 0.466 e. The molecule has 8 nitrogen and oxygen atoms in total. The number of nitro groups is 1. The molecule has 0 saturated carbocycles. The van der Waals surface area contributed by atoms with Crippen LogP contribution in [0, 0.1) is 16.0 Å². The van der Waals surface area contributed by atoms with E-state index in [4.69, 9.17) is 4.74 Å². The van der Waals surface area contributed by atoms with Gasteiger partial charge in [-0.1, -0.05) is 11.3 Å². The van der Waals surface area contributed by atoms with Crippen molar-refractivity contribution in [1.29, 1.82) is 0 Å². The summed E-state index contributed by atoms with van der Waals surface area (Å²) < 4.78 is 6.53. The normalized spacial score (nSPS) is 16.1. The second-order valence-corrected chi connectivity index (χ2v) is 5.96. The lowest BCUT2D eigenvalue weighted by atomic mass is 9.97. The highest BCUT2D eigenvalue weighted by Crippen LogP contribution is 2.33. The summed E-state index contributed by atoms with van der Waals surface area (Å²) in [5.41, 5.74) is 0. The molecule has 3 rings (SSSR count). The number of thiazole rings is 1. The van der Waals surface area contributed by atoms with Gasteiger partial charge in [0.25, 0.3) is 4.96 Å². The third kappa shape index (κ3) is 2.52. The van der Waals surface area contributed by atoms with Crippen molar-refractivity contribution >= 4 is 33.9 Å². The minimum Gasteiger partial charge on any atom is -0.466 e. The molecule has 22 heavy (non-hydrogen) atoms. The highest BCUT2D eigenvalue weighted by Gasteiger charge is 2.32. The van der Waals surface area contributed by atoms with Crippen LogP contribution in [0.3, 0.4) is 0 Å². The fourth-order valence-electron chi connectivity index (χ4n) is 2.73. The number of nitrogens with zero attached hydrogens (tertiary/aromatic N) is 4. The Balaban J connectivity index is 1.79. The molecule has 1 saturated heterocycles. The smallest absolute Gasteiger partial charge is 0.373 e. The van der Waals surface area contributed by atoms with Crippen molar-refractivity contribution in [3.05, 3.63) is 21.7 Å². The van der Waals surface area contributed by atoms with Gasteiger partial charge in [-0.15, -0.1) is 0 Å².